The zero-order chi connectivity index (χ0) is 22.4. The maximum atomic E-state index is 12.0. The van der Waals surface area contributed by atoms with Gasteiger partial charge in [0.05, 0.1) is 0 Å². The maximum absolute atomic E-state index is 12.0. The highest BCUT2D eigenvalue weighted by atomic mass is 79.9. The first-order valence-corrected chi connectivity index (χ1v) is 14.2. The molecule has 8 heteroatoms. The smallest absolute Gasteiger partial charge is 0.279 e. The zero-order valence-corrected chi connectivity index (χ0v) is 22.0. The van der Waals surface area contributed by atoms with Crippen LogP contribution in [0.3, 0.4) is 0 Å². The Morgan fingerprint density at radius 1 is 1.10 bits per heavy atom. The fourth-order valence-electron chi connectivity index (χ4n) is 4.91. The Morgan fingerprint density at radius 2 is 1.77 bits per heavy atom. The monoisotopic (exact) mass is 533 g/mol. The van der Waals surface area contributed by atoms with Crippen LogP contribution >= 0.6 is 27.5 Å². The zero-order valence-electron chi connectivity index (χ0n) is 18.8. The molecule has 1 saturated heterocycles. The number of halogens is 2. The van der Waals surface area contributed by atoms with Gasteiger partial charge < -0.3 is 4.90 Å². The topological polar surface area (TPSA) is 52.7 Å². The highest BCUT2D eigenvalue weighted by molar-refractivity contribution is 9.10. The predicted octanol–water partition coefficient (Wildman–Crippen LogP) is 5.09. The molecule has 1 aromatic rings. The molecular formula is C23H37BrClN3O2S. The summed E-state index contributed by atoms with van der Waals surface area (Å²) in [6.45, 7) is 3.59. The molecule has 1 saturated carbocycles. The molecule has 0 spiro atoms. The van der Waals surface area contributed by atoms with Gasteiger partial charge in [-0.1, -0.05) is 27.5 Å². The molecule has 0 aromatic heterocycles. The van der Waals surface area contributed by atoms with Crippen molar-refractivity contribution in [3.63, 3.8) is 0 Å². The second-order valence-corrected chi connectivity index (χ2v) is 12.7. The summed E-state index contributed by atoms with van der Waals surface area (Å²) in [6.07, 6.45) is 10.3. The first-order valence-electron chi connectivity index (χ1n) is 11.6. The minimum absolute atomic E-state index is 0.0993. The van der Waals surface area contributed by atoms with Gasteiger partial charge in [0.25, 0.3) is 10.2 Å². The van der Waals surface area contributed by atoms with E-state index in [0.29, 0.717) is 0 Å². The molecule has 0 amide bonds. The van der Waals surface area contributed by atoms with Gasteiger partial charge in [0.2, 0.25) is 0 Å². The van der Waals surface area contributed by atoms with Crippen molar-refractivity contribution in [3.05, 3.63) is 33.3 Å². The minimum atomic E-state index is -3.31. The van der Waals surface area contributed by atoms with Crippen molar-refractivity contribution < 1.29 is 8.42 Å². The molecule has 1 aliphatic heterocycles. The summed E-state index contributed by atoms with van der Waals surface area (Å²) >= 11 is 9.83. The second-order valence-electron chi connectivity index (χ2n) is 9.49. The van der Waals surface area contributed by atoms with Gasteiger partial charge in [0.1, 0.15) is 0 Å². The molecule has 0 bridgehead atoms. The summed E-state index contributed by atoms with van der Waals surface area (Å²) < 4.78 is 29.2. The Bertz CT molecular complexity index is 805. The van der Waals surface area contributed by atoms with Crippen molar-refractivity contribution >= 4 is 37.7 Å². The summed E-state index contributed by atoms with van der Waals surface area (Å²) in [4.78, 5) is 2.63. The largest absolute Gasteiger partial charge is 0.303 e. The molecule has 0 radical (unpaired) electrons. The van der Waals surface area contributed by atoms with E-state index in [4.69, 9.17) is 11.6 Å². The second kappa shape index (κ2) is 11.8. The summed E-state index contributed by atoms with van der Waals surface area (Å²) in [5.74, 6) is 1.49. The molecule has 1 aliphatic carbocycles. The Labute approximate surface area is 202 Å². The van der Waals surface area contributed by atoms with Gasteiger partial charge in [-0.3, -0.25) is 0 Å². The van der Waals surface area contributed by atoms with E-state index in [9.17, 15) is 8.42 Å². The molecule has 176 valence electrons. The Balaban J connectivity index is 1.30. The van der Waals surface area contributed by atoms with E-state index < -0.39 is 10.2 Å². The van der Waals surface area contributed by atoms with Crippen molar-refractivity contribution in [2.24, 2.45) is 11.8 Å². The summed E-state index contributed by atoms with van der Waals surface area (Å²) in [6, 6.07) is 6.18. The third kappa shape index (κ3) is 7.97. The number of hydrogen-bond acceptors (Lipinski definition) is 3. The van der Waals surface area contributed by atoms with Crippen molar-refractivity contribution in [1.29, 1.82) is 0 Å². The van der Waals surface area contributed by atoms with Crippen LogP contribution in [-0.2, 0) is 16.6 Å². The third-order valence-electron chi connectivity index (χ3n) is 6.95. The van der Waals surface area contributed by atoms with Crippen LogP contribution in [0, 0.1) is 11.8 Å². The summed E-state index contributed by atoms with van der Waals surface area (Å²) in [7, 11) is -0.156. The molecule has 2 fully saturated rings. The molecule has 1 aromatic carbocycles. The SMILES string of the molecule is CN(C)S(=O)(=O)N[C@H]1CC[C@H](CCCN2CCC(Cc3cc(Cl)ccc3Br)CC2)CC1. The van der Waals surface area contributed by atoms with Crippen LogP contribution in [0.2, 0.25) is 5.02 Å². The van der Waals surface area contributed by atoms with Crippen LogP contribution in [0.4, 0.5) is 0 Å². The van der Waals surface area contributed by atoms with E-state index in [1.54, 1.807) is 14.1 Å². The predicted molar refractivity (Wildman–Crippen MR) is 133 cm³/mol. The van der Waals surface area contributed by atoms with E-state index >= 15 is 0 Å². The number of hydrogen-bond donors (Lipinski definition) is 1. The molecule has 2 aliphatic rings. The Kier molecular flexibility index (Phi) is 9.68. The highest BCUT2D eigenvalue weighted by Crippen LogP contribution is 2.30. The lowest BCUT2D eigenvalue weighted by atomic mass is 9.83. The van der Waals surface area contributed by atoms with E-state index in [2.05, 4.69) is 37.7 Å². The number of likely N-dealkylation sites (tertiary alicyclic amines) is 1. The normalized spacial score (nSPS) is 24.0. The first-order chi connectivity index (χ1) is 14.7. The standard InChI is InChI=1S/C23H37BrClN3O2S/c1-27(2)31(29,30)26-22-8-5-18(6-9-22)4-3-13-28-14-11-19(12-15-28)16-20-17-21(25)7-10-23(20)24/h7,10,17-19,22,26H,3-6,8-9,11-16H2,1-2H3/t18-,22-. The molecule has 3 rings (SSSR count). The number of benzene rings is 1. The van der Waals surface area contributed by atoms with Crippen LogP contribution in [0.5, 0.6) is 0 Å². The molecule has 1 heterocycles. The van der Waals surface area contributed by atoms with E-state index in [1.165, 1.54) is 59.7 Å². The Morgan fingerprint density at radius 3 is 2.42 bits per heavy atom. The Hall–Kier alpha value is -0.180. The molecular weight excluding hydrogens is 498 g/mol. The van der Waals surface area contributed by atoms with Gasteiger partial charge in [-0.25, -0.2) is 0 Å². The highest BCUT2D eigenvalue weighted by Gasteiger charge is 2.26. The van der Waals surface area contributed by atoms with Crippen LogP contribution in [-0.4, -0.2) is 57.4 Å². The number of rotatable bonds is 9. The quantitative estimate of drug-likeness (QED) is 0.480. The van der Waals surface area contributed by atoms with Gasteiger partial charge >= 0.3 is 0 Å². The average molecular weight is 535 g/mol. The van der Waals surface area contributed by atoms with E-state index in [1.807, 2.05) is 6.07 Å². The molecule has 1 N–H and O–H groups in total. The average Bonchev–Trinajstić information content (AvgIpc) is 2.73. The van der Waals surface area contributed by atoms with Crippen LogP contribution in [0.25, 0.3) is 0 Å². The van der Waals surface area contributed by atoms with Crippen molar-refractivity contribution in [3.8, 4) is 0 Å². The molecule has 0 unspecified atom stereocenters. The lowest BCUT2D eigenvalue weighted by molar-refractivity contribution is 0.175. The molecule has 0 atom stereocenters. The van der Waals surface area contributed by atoms with Crippen molar-refractivity contribution in [1.82, 2.24) is 13.9 Å². The fraction of sp³-hybridized carbons (Fsp3) is 0.739. The first kappa shape index (κ1) is 25.4. The van der Waals surface area contributed by atoms with Gasteiger partial charge in [-0.05, 0) is 113 Å². The van der Waals surface area contributed by atoms with Crippen molar-refractivity contribution in [2.75, 3.05) is 33.7 Å². The van der Waals surface area contributed by atoms with Gasteiger partial charge in [-0.15, -0.1) is 0 Å². The van der Waals surface area contributed by atoms with Crippen LogP contribution in [0.1, 0.15) is 56.9 Å². The number of nitrogens with one attached hydrogen (secondary N) is 1. The van der Waals surface area contributed by atoms with Gasteiger partial charge in [0, 0.05) is 29.6 Å². The number of nitrogens with zero attached hydrogens (tertiary/aromatic N) is 2. The van der Waals surface area contributed by atoms with E-state index in [-0.39, 0.29) is 6.04 Å². The van der Waals surface area contributed by atoms with Crippen LogP contribution in [0.15, 0.2) is 22.7 Å². The fourth-order valence-corrected chi connectivity index (χ4v) is 6.38. The summed E-state index contributed by atoms with van der Waals surface area (Å²) in [5, 5.41) is 0.819. The maximum Gasteiger partial charge on any atom is 0.279 e. The molecule has 5 nitrogen and oxygen atoms in total. The van der Waals surface area contributed by atoms with Gasteiger partial charge in [-0.2, -0.15) is 17.4 Å². The number of piperidine rings is 1. The summed E-state index contributed by atoms with van der Waals surface area (Å²) in [5.41, 5.74) is 1.33. The third-order valence-corrected chi connectivity index (χ3v) is 9.55. The lowest BCUT2D eigenvalue weighted by Gasteiger charge is -2.33. The lowest BCUT2D eigenvalue weighted by Crippen LogP contribution is -2.43. The molecule has 31 heavy (non-hydrogen) atoms. The minimum Gasteiger partial charge on any atom is -0.303 e. The van der Waals surface area contributed by atoms with E-state index in [0.717, 1.165) is 49.0 Å². The van der Waals surface area contributed by atoms with Gasteiger partial charge in [0.15, 0.2) is 0 Å². The van der Waals surface area contributed by atoms with Crippen LogP contribution < -0.4 is 4.72 Å². The van der Waals surface area contributed by atoms with Crippen molar-refractivity contribution in [2.45, 2.75) is 63.8 Å².